The summed E-state index contributed by atoms with van der Waals surface area (Å²) in [5.41, 5.74) is 1.52. The van der Waals surface area contributed by atoms with Crippen LogP contribution in [0.5, 0.6) is 0 Å². The van der Waals surface area contributed by atoms with Crippen molar-refractivity contribution in [1.29, 1.82) is 0 Å². The molecule has 0 aromatic rings. The SMILES string of the molecule is CC[N+](CC)(CCCCCCCCCCCC1=CC=CC1)CCCCC(F)(F)C(F)(F)C(F)(F)C(F)(F)F. The highest BCUT2D eigenvalue weighted by Gasteiger charge is 2.81. The molecule has 1 aliphatic carbocycles. The molecule has 0 N–H and O–H groups in total. The molecule has 0 saturated heterocycles. The van der Waals surface area contributed by atoms with Crippen molar-refractivity contribution >= 4 is 0 Å². The van der Waals surface area contributed by atoms with Gasteiger partial charge >= 0.3 is 23.9 Å². The second-order valence-corrected chi connectivity index (χ2v) is 10.6. The molecule has 1 rings (SSSR count). The molecular formula is C28H45F9N+. The maximum absolute atomic E-state index is 13.8. The first-order chi connectivity index (χ1) is 17.7. The van der Waals surface area contributed by atoms with Crippen LogP contribution in [0, 0.1) is 0 Å². The van der Waals surface area contributed by atoms with Crippen molar-refractivity contribution in [1.82, 2.24) is 0 Å². The Morgan fingerprint density at radius 3 is 1.55 bits per heavy atom. The molecule has 0 atom stereocenters. The summed E-state index contributed by atoms with van der Waals surface area (Å²) in [7, 11) is 0. The average molecular weight is 567 g/mol. The lowest BCUT2D eigenvalue weighted by Crippen LogP contribution is -2.60. The Kier molecular flexibility index (Phi) is 14.3. The predicted molar refractivity (Wildman–Crippen MR) is 134 cm³/mol. The van der Waals surface area contributed by atoms with Crippen molar-refractivity contribution in [3.8, 4) is 0 Å². The minimum atomic E-state index is -6.80. The van der Waals surface area contributed by atoms with E-state index in [0.717, 1.165) is 38.6 Å². The fraction of sp³-hybridized carbons (Fsp3) is 0.857. The number of quaternary nitrogens is 1. The molecule has 0 saturated carbocycles. The molecule has 0 aromatic heterocycles. The molecule has 0 unspecified atom stereocenters. The van der Waals surface area contributed by atoms with Crippen LogP contribution in [-0.4, -0.2) is 54.6 Å². The average Bonchev–Trinajstić information content (AvgIpc) is 3.36. The van der Waals surface area contributed by atoms with Gasteiger partial charge in [-0.2, -0.15) is 39.5 Å². The van der Waals surface area contributed by atoms with Gasteiger partial charge in [-0.3, -0.25) is 0 Å². The molecule has 10 heteroatoms. The molecule has 0 fully saturated rings. The van der Waals surface area contributed by atoms with Crippen LogP contribution in [0.15, 0.2) is 23.8 Å². The first-order valence-corrected chi connectivity index (χ1v) is 14.1. The lowest BCUT2D eigenvalue weighted by Gasteiger charge is -2.37. The fourth-order valence-corrected chi connectivity index (χ4v) is 5.04. The van der Waals surface area contributed by atoms with Gasteiger partial charge in [0.15, 0.2) is 0 Å². The van der Waals surface area contributed by atoms with Gasteiger partial charge in [-0.25, -0.2) is 0 Å². The van der Waals surface area contributed by atoms with Crippen molar-refractivity contribution in [3.63, 3.8) is 0 Å². The maximum Gasteiger partial charge on any atom is 0.460 e. The van der Waals surface area contributed by atoms with E-state index in [4.69, 9.17) is 0 Å². The Labute approximate surface area is 222 Å². The van der Waals surface area contributed by atoms with Gasteiger partial charge in [-0.05, 0) is 58.8 Å². The highest BCUT2D eigenvalue weighted by atomic mass is 19.4. The topological polar surface area (TPSA) is 0 Å². The molecule has 0 bridgehead atoms. The molecular weight excluding hydrogens is 521 g/mol. The number of hydrogen-bond acceptors (Lipinski definition) is 0. The third-order valence-electron chi connectivity index (χ3n) is 7.90. The maximum atomic E-state index is 13.8. The Hall–Kier alpha value is -1.19. The van der Waals surface area contributed by atoms with E-state index >= 15 is 0 Å². The quantitative estimate of drug-likeness (QED) is 0.0737. The zero-order valence-corrected chi connectivity index (χ0v) is 22.8. The van der Waals surface area contributed by atoms with Gasteiger partial charge in [-0.15, -0.1) is 0 Å². The summed E-state index contributed by atoms with van der Waals surface area (Å²) < 4.78 is 118. The largest absolute Gasteiger partial charge is 0.460 e. The molecule has 224 valence electrons. The first-order valence-electron chi connectivity index (χ1n) is 14.1. The minimum Gasteiger partial charge on any atom is -0.324 e. The lowest BCUT2D eigenvalue weighted by molar-refractivity contribution is -0.925. The lowest BCUT2D eigenvalue weighted by atomic mass is 9.98. The Morgan fingerprint density at radius 1 is 0.632 bits per heavy atom. The number of rotatable bonds is 21. The van der Waals surface area contributed by atoms with E-state index in [0.29, 0.717) is 24.1 Å². The summed E-state index contributed by atoms with van der Waals surface area (Å²) in [5.74, 6) is -18.8. The van der Waals surface area contributed by atoms with Crippen LogP contribution >= 0.6 is 0 Å². The third kappa shape index (κ3) is 10.1. The standard InChI is InChI=1S/C28H45F9N/c1-3-38(4-2,22-16-11-9-7-5-6-8-10-12-18-24-19-13-14-20-24)23-17-15-21-25(29,30)26(31,32)27(33,34)28(35,36)37/h13-14,19H,3-12,15-18,20-23H2,1-2H3/q+1. The van der Waals surface area contributed by atoms with Crippen molar-refractivity contribution in [3.05, 3.63) is 23.8 Å². The molecule has 1 aliphatic rings. The number of halogens is 9. The molecule has 1 nitrogen and oxygen atoms in total. The summed E-state index contributed by atoms with van der Waals surface area (Å²) in [6, 6.07) is 0. The van der Waals surface area contributed by atoms with Crippen LogP contribution in [0.4, 0.5) is 39.5 Å². The van der Waals surface area contributed by atoms with E-state index in [9.17, 15) is 39.5 Å². The molecule has 0 spiro atoms. The van der Waals surface area contributed by atoms with E-state index < -0.39 is 36.8 Å². The van der Waals surface area contributed by atoms with Crippen LogP contribution in [0.3, 0.4) is 0 Å². The third-order valence-corrected chi connectivity index (χ3v) is 7.90. The minimum absolute atomic E-state index is 0.0404. The van der Waals surface area contributed by atoms with E-state index in [1.807, 2.05) is 13.8 Å². The van der Waals surface area contributed by atoms with Crippen molar-refractivity contribution in [2.45, 2.75) is 128 Å². The predicted octanol–water partition coefficient (Wildman–Crippen LogP) is 10.3. The first kappa shape index (κ1) is 34.8. The highest BCUT2D eigenvalue weighted by molar-refractivity contribution is 5.22. The van der Waals surface area contributed by atoms with E-state index in [2.05, 4.69) is 18.2 Å². The van der Waals surface area contributed by atoms with E-state index in [1.165, 1.54) is 44.1 Å². The Morgan fingerprint density at radius 2 is 1.11 bits per heavy atom. The summed E-state index contributed by atoms with van der Waals surface area (Å²) in [6.45, 7) is 6.45. The van der Waals surface area contributed by atoms with Gasteiger partial charge in [-0.1, -0.05) is 62.3 Å². The summed E-state index contributed by atoms with van der Waals surface area (Å²) in [6.07, 6.45) is 10.1. The van der Waals surface area contributed by atoms with Gasteiger partial charge in [0.05, 0.1) is 26.2 Å². The van der Waals surface area contributed by atoms with Crippen LogP contribution in [0.1, 0.15) is 104 Å². The van der Waals surface area contributed by atoms with Crippen LogP contribution in [-0.2, 0) is 0 Å². The summed E-state index contributed by atoms with van der Waals surface area (Å²) >= 11 is 0. The van der Waals surface area contributed by atoms with Crippen molar-refractivity contribution < 1.29 is 44.0 Å². The number of alkyl halides is 9. The van der Waals surface area contributed by atoms with Crippen LogP contribution < -0.4 is 0 Å². The summed E-state index contributed by atoms with van der Waals surface area (Å²) in [4.78, 5) is 0. The van der Waals surface area contributed by atoms with Crippen LogP contribution in [0.2, 0.25) is 0 Å². The van der Waals surface area contributed by atoms with E-state index in [1.54, 1.807) is 0 Å². The van der Waals surface area contributed by atoms with Gasteiger partial charge in [0.25, 0.3) is 0 Å². The van der Waals surface area contributed by atoms with Gasteiger partial charge in [0.2, 0.25) is 0 Å². The molecule has 0 heterocycles. The molecule has 0 amide bonds. The van der Waals surface area contributed by atoms with Gasteiger partial charge in [0, 0.05) is 6.42 Å². The van der Waals surface area contributed by atoms with Gasteiger partial charge < -0.3 is 4.48 Å². The highest BCUT2D eigenvalue weighted by Crippen LogP contribution is 2.54. The normalized spacial score (nSPS) is 15.4. The second-order valence-electron chi connectivity index (χ2n) is 10.6. The number of nitrogens with zero attached hydrogens (tertiary/aromatic N) is 1. The van der Waals surface area contributed by atoms with Crippen molar-refractivity contribution in [2.24, 2.45) is 0 Å². The van der Waals surface area contributed by atoms with Crippen LogP contribution in [0.25, 0.3) is 0 Å². The van der Waals surface area contributed by atoms with Crippen molar-refractivity contribution in [2.75, 3.05) is 26.2 Å². The number of unbranched alkanes of at least 4 members (excludes halogenated alkanes) is 9. The molecule has 0 radical (unpaired) electrons. The Balaban J connectivity index is 2.27. The second kappa shape index (κ2) is 15.6. The smallest absolute Gasteiger partial charge is 0.324 e. The monoisotopic (exact) mass is 566 g/mol. The molecule has 38 heavy (non-hydrogen) atoms. The zero-order valence-electron chi connectivity index (χ0n) is 22.8. The Bertz CT molecular complexity index is 722. The fourth-order valence-electron chi connectivity index (χ4n) is 5.04. The molecule has 0 aromatic carbocycles. The van der Waals surface area contributed by atoms with E-state index in [-0.39, 0.29) is 6.42 Å². The number of hydrogen-bond donors (Lipinski definition) is 0. The molecule has 0 aliphatic heterocycles. The summed E-state index contributed by atoms with van der Waals surface area (Å²) in [5, 5.41) is 0. The zero-order chi connectivity index (χ0) is 28.9. The van der Waals surface area contributed by atoms with Gasteiger partial charge in [0.1, 0.15) is 0 Å². The number of allylic oxidation sites excluding steroid dienone is 4.